The molecule has 0 aliphatic heterocycles. The SMILES string of the molecule is COc1ccc2ccccc2c1-c1c(N(CCN)c2cccc3ccccc23)ccc2ccccc12. The minimum Gasteiger partial charge on any atom is -0.496 e. The minimum absolute atomic E-state index is 0.530. The number of nitrogens with zero attached hydrogens (tertiary/aromatic N) is 1. The number of nitrogens with two attached hydrogens (primary N) is 1. The quantitative estimate of drug-likeness (QED) is 0.270. The highest BCUT2D eigenvalue weighted by atomic mass is 16.5. The Hall–Kier alpha value is -4.34. The monoisotopic (exact) mass is 468 g/mol. The van der Waals surface area contributed by atoms with Gasteiger partial charge in [0.05, 0.1) is 7.11 Å². The summed E-state index contributed by atoms with van der Waals surface area (Å²) in [6.45, 7) is 1.22. The topological polar surface area (TPSA) is 38.5 Å². The van der Waals surface area contributed by atoms with Crippen LogP contribution in [0.15, 0.2) is 115 Å². The van der Waals surface area contributed by atoms with Gasteiger partial charge in [0.25, 0.3) is 0 Å². The maximum atomic E-state index is 6.23. The summed E-state index contributed by atoms with van der Waals surface area (Å²) in [7, 11) is 1.75. The van der Waals surface area contributed by atoms with Crippen molar-refractivity contribution in [2.45, 2.75) is 0 Å². The van der Waals surface area contributed by atoms with Crippen LogP contribution in [0.3, 0.4) is 0 Å². The molecule has 0 bridgehead atoms. The highest BCUT2D eigenvalue weighted by molar-refractivity contribution is 6.13. The van der Waals surface area contributed by atoms with Crippen molar-refractivity contribution in [2.75, 3.05) is 25.1 Å². The van der Waals surface area contributed by atoms with E-state index in [4.69, 9.17) is 10.5 Å². The van der Waals surface area contributed by atoms with Crippen LogP contribution in [0.1, 0.15) is 0 Å². The van der Waals surface area contributed by atoms with Gasteiger partial charge in [0.15, 0.2) is 0 Å². The van der Waals surface area contributed by atoms with E-state index in [1.807, 2.05) is 0 Å². The van der Waals surface area contributed by atoms with Crippen LogP contribution in [-0.4, -0.2) is 20.2 Å². The summed E-state index contributed by atoms with van der Waals surface area (Å²) in [6, 6.07) is 40.8. The number of hydrogen-bond acceptors (Lipinski definition) is 3. The zero-order chi connectivity index (χ0) is 24.5. The molecule has 0 atom stereocenters. The third kappa shape index (κ3) is 3.65. The van der Waals surface area contributed by atoms with Gasteiger partial charge < -0.3 is 15.4 Å². The molecule has 0 aliphatic carbocycles. The molecule has 0 aliphatic rings. The predicted molar refractivity (Wildman–Crippen MR) is 153 cm³/mol. The van der Waals surface area contributed by atoms with Crippen LogP contribution in [0.2, 0.25) is 0 Å². The number of hydrogen-bond donors (Lipinski definition) is 1. The van der Waals surface area contributed by atoms with E-state index in [2.05, 4.69) is 120 Å². The highest BCUT2D eigenvalue weighted by Crippen LogP contribution is 2.47. The van der Waals surface area contributed by atoms with Crippen molar-refractivity contribution in [2.24, 2.45) is 5.73 Å². The number of anilines is 2. The van der Waals surface area contributed by atoms with Gasteiger partial charge in [-0.15, -0.1) is 0 Å². The summed E-state index contributed by atoms with van der Waals surface area (Å²) < 4.78 is 5.98. The van der Waals surface area contributed by atoms with Gasteiger partial charge in [-0.2, -0.15) is 0 Å². The fraction of sp³-hybridized carbons (Fsp3) is 0.0909. The zero-order valence-electron chi connectivity index (χ0n) is 20.3. The summed E-state index contributed by atoms with van der Waals surface area (Å²) in [5, 5.41) is 7.14. The second kappa shape index (κ2) is 9.37. The standard InChI is InChI=1S/C33H28N2O/c1-36-31-20-18-25-11-4-7-15-28(25)33(31)32-27-14-6-3-10-24(27)17-19-30(32)35(22-21-34)29-16-8-12-23-9-2-5-13-26(23)29/h2-20H,21-22,34H2,1H3. The zero-order valence-corrected chi connectivity index (χ0v) is 20.3. The molecular weight excluding hydrogens is 440 g/mol. The highest BCUT2D eigenvalue weighted by Gasteiger charge is 2.22. The van der Waals surface area contributed by atoms with Crippen LogP contribution < -0.4 is 15.4 Å². The number of ether oxygens (including phenoxy) is 1. The van der Waals surface area contributed by atoms with Crippen LogP contribution in [0, 0.1) is 0 Å². The maximum absolute atomic E-state index is 6.23. The van der Waals surface area contributed by atoms with Crippen LogP contribution in [0.4, 0.5) is 11.4 Å². The van der Waals surface area contributed by atoms with Crippen molar-refractivity contribution in [3.8, 4) is 16.9 Å². The Balaban J connectivity index is 1.74. The first-order valence-electron chi connectivity index (χ1n) is 12.3. The molecule has 0 unspecified atom stereocenters. The first kappa shape index (κ1) is 22.1. The van der Waals surface area contributed by atoms with E-state index in [1.54, 1.807) is 7.11 Å². The third-order valence-corrected chi connectivity index (χ3v) is 6.97. The molecule has 36 heavy (non-hydrogen) atoms. The molecular formula is C33H28N2O. The van der Waals surface area contributed by atoms with Gasteiger partial charge in [0.1, 0.15) is 5.75 Å². The molecule has 0 spiro atoms. The first-order chi connectivity index (χ1) is 17.8. The van der Waals surface area contributed by atoms with E-state index in [0.717, 1.165) is 28.3 Å². The van der Waals surface area contributed by atoms with E-state index in [1.165, 1.54) is 32.3 Å². The Labute approximate surface area is 211 Å². The lowest BCUT2D eigenvalue weighted by atomic mass is 9.91. The molecule has 6 aromatic carbocycles. The average Bonchev–Trinajstić information content (AvgIpc) is 2.94. The van der Waals surface area contributed by atoms with Gasteiger partial charge >= 0.3 is 0 Å². The Morgan fingerprint density at radius 2 is 1.11 bits per heavy atom. The van der Waals surface area contributed by atoms with E-state index in [-0.39, 0.29) is 0 Å². The average molecular weight is 469 g/mol. The van der Waals surface area contributed by atoms with Gasteiger partial charge in [0.2, 0.25) is 0 Å². The van der Waals surface area contributed by atoms with Crippen LogP contribution >= 0.6 is 0 Å². The third-order valence-electron chi connectivity index (χ3n) is 6.97. The number of benzene rings is 6. The fourth-order valence-electron chi connectivity index (χ4n) is 5.37. The minimum atomic E-state index is 0.530. The smallest absolute Gasteiger partial charge is 0.127 e. The molecule has 0 saturated heterocycles. The number of fused-ring (bicyclic) bond motifs is 3. The summed E-state index contributed by atoms with van der Waals surface area (Å²) in [4.78, 5) is 2.37. The molecule has 0 amide bonds. The fourth-order valence-corrected chi connectivity index (χ4v) is 5.37. The molecule has 6 rings (SSSR count). The van der Waals surface area contributed by atoms with Gasteiger partial charge in [-0.05, 0) is 45.1 Å². The predicted octanol–water partition coefficient (Wildman–Crippen LogP) is 7.92. The lowest BCUT2D eigenvalue weighted by Gasteiger charge is -2.30. The molecule has 176 valence electrons. The van der Waals surface area contributed by atoms with E-state index < -0.39 is 0 Å². The van der Waals surface area contributed by atoms with Gasteiger partial charge in [-0.3, -0.25) is 0 Å². The second-order valence-electron chi connectivity index (χ2n) is 8.98. The number of rotatable bonds is 6. The lowest BCUT2D eigenvalue weighted by molar-refractivity contribution is 0.417. The molecule has 0 saturated carbocycles. The molecule has 6 aromatic rings. The Morgan fingerprint density at radius 3 is 1.78 bits per heavy atom. The van der Waals surface area contributed by atoms with E-state index >= 15 is 0 Å². The van der Waals surface area contributed by atoms with Crippen LogP contribution in [-0.2, 0) is 0 Å². The molecule has 0 radical (unpaired) electrons. The van der Waals surface area contributed by atoms with Crippen molar-refractivity contribution < 1.29 is 4.74 Å². The van der Waals surface area contributed by atoms with Crippen molar-refractivity contribution in [1.29, 1.82) is 0 Å². The van der Waals surface area contributed by atoms with Crippen LogP contribution in [0.25, 0.3) is 43.4 Å². The summed E-state index contributed by atoms with van der Waals surface area (Å²) in [5.41, 5.74) is 10.8. The summed E-state index contributed by atoms with van der Waals surface area (Å²) in [6.07, 6.45) is 0. The van der Waals surface area contributed by atoms with Crippen molar-refractivity contribution in [3.63, 3.8) is 0 Å². The normalized spacial score (nSPS) is 11.3. The van der Waals surface area contributed by atoms with Crippen molar-refractivity contribution in [1.82, 2.24) is 0 Å². The van der Waals surface area contributed by atoms with Crippen molar-refractivity contribution >= 4 is 43.7 Å². The van der Waals surface area contributed by atoms with Gasteiger partial charge in [-0.1, -0.05) is 97.1 Å². The Morgan fingerprint density at radius 1 is 0.556 bits per heavy atom. The molecule has 0 aromatic heterocycles. The Bertz CT molecular complexity index is 1700. The molecule has 3 nitrogen and oxygen atoms in total. The second-order valence-corrected chi connectivity index (χ2v) is 8.98. The van der Waals surface area contributed by atoms with Gasteiger partial charge in [0, 0.05) is 41.0 Å². The van der Waals surface area contributed by atoms with Crippen LogP contribution in [0.5, 0.6) is 5.75 Å². The summed E-state index contributed by atoms with van der Waals surface area (Å²) >= 11 is 0. The van der Waals surface area contributed by atoms with E-state index in [9.17, 15) is 0 Å². The summed E-state index contributed by atoms with van der Waals surface area (Å²) in [5.74, 6) is 0.858. The van der Waals surface area contributed by atoms with Crippen molar-refractivity contribution in [3.05, 3.63) is 115 Å². The number of methoxy groups -OCH3 is 1. The van der Waals surface area contributed by atoms with E-state index in [0.29, 0.717) is 13.1 Å². The molecule has 0 heterocycles. The Kier molecular flexibility index (Phi) is 5.76. The maximum Gasteiger partial charge on any atom is 0.127 e. The lowest BCUT2D eigenvalue weighted by Crippen LogP contribution is -2.25. The first-order valence-corrected chi connectivity index (χ1v) is 12.3. The molecule has 3 heteroatoms. The largest absolute Gasteiger partial charge is 0.496 e. The van der Waals surface area contributed by atoms with Gasteiger partial charge in [-0.25, -0.2) is 0 Å². The molecule has 2 N–H and O–H groups in total. The molecule has 0 fully saturated rings.